The van der Waals surface area contributed by atoms with E-state index >= 15 is 0 Å². The highest BCUT2D eigenvalue weighted by atomic mass is 16.6. The molecule has 2 aromatic carbocycles. The summed E-state index contributed by atoms with van der Waals surface area (Å²) in [6.07, 6.45) is 3.34. The molecule has 132 valence electrons. The largest absolute Gasteiger partial charge is 0.493 e. The van der Waals surface area contributed by atoms with Crippen LogP contribution in [0.2, 0.25) is 0 Å². The van der Waals surface area contributed by atoms with E-state index in [1.807, 2.05) is 55.5 Å². The third-order valence-corrected chi connectivity index (χ3v) is 3.57. The van der Waals surface area contributed by atoms with Crippen LogP contribution in [0.5, 0.6) is 11.5 Å². The average molecular weight is 349 g/mol. The Bertz CT molecular complexity index is 883. The van der Waals surface area contributed by atoms with Crippen LogP contribution in [0.4, 0.5) is 0 Å². The second-order valence-electron chi connectivity index (χ2n) is 5.44. The van der Waals surface area contributed by atoms with Crippen molar-refractivity contribution in [3.8, 4) is 11.5 Å². The lowest BCUT2D eigenvalue weighted by molar-refractivity contribution is -0.129. The van der Waals surface area contributed by atoms with Crippen molar-refractivity contribution in [2.24, 2.45) is 4.99 Å². The normalized spacial score (nSPS) is 14.7. The van der Waals surface area contributed by atoms with Gasteiger partial charge in [0.15, 0.2) is 5.70 Å². The molecule has 5 nitrogen and oxygen atoms in total. The predicted molar refractivity (Wildman–Crippen MR) is 100 cm³/mol. The fraction of sp³-hybridized carbons (Fsp3) is 0.143. The molecule has 0 saturated heterocycles. The van der Waals surface area contributed by atoms with Crippen molar-refractivity contribution in [1.82, 2.24) is 0 Å². The number of hydrogen-bond acceptors (Lipinski definition) is 5. The molecule has 0 atom stereocenters. The third kappa shape index (κ3) is 4.00. The van der Waals surface area contributed by atoms with Crippen molar-refractivity contribution in [3.63, 3.8) is 0 Å². The van der Waals surface area contributed by atoms with Gasteiger partial charge >= 0.3 is 5.97 Å². The SMILES string of the molecule is C=CCOc1cccc(/C=C2\N=C(c3ccccc3OCC)OC2=O)c1. The molecule has 3 rings (SSSR count). The third-order valence-electron chi connectivity index (χ3n) is 3.57. The van der Waals surface area contributed by atoms with Gasteiger partial charge in [-0.3, -0.25) is 0 Å². The molecule has 0 unspecified atom stereocenters. The van der Waals surface area contributed by atoms with Gasteiger partial charge in [-0.25, -0.2) is 9.79 Å². The maximum absolute atomic E-state index is 12.2. The number of carbonyl (C=O) groups excluding carboxylic acids is 1. The van der Waals surface area contributed by atoms with Crippen molar-refractivity contribution in [2.75, 3.05) is 13.2 Å². The fourth-order valence-corrected chi connectivity index (χ4v) is 2.46. The summed E-state index contributed by atoms with van der Waals surface area (Å²) in [6.45, 7) is 6.44. The molecular formula is C21H19NO4. The van der Waals surface area contributed by atoms with E-state index < -0.39 is 5.97 Å². The number of ether oxygens (including phenoxy) is 3. The smallest absolute Gasteiger partial charge is 0.363 e. The zero-order valence-electron chi connectivity index (χ0n) is 14.5. The Kier molecular flexibility index (Phi) is 5.49. The van der Waals surface area contributed by atoms with Gasteiger partial charge in [0.05, 0.1) is 12.2 Å². The molecule has 0 aliphatic carbocycles. The van der Waals surface area contributed by atoms with Crippen LogP contribution >= 0.6 is 0 Å². The van der Waals surface area contributed by atoms with E-state index in [9.17, 15) is 4.79 Å². The zero-order valence-corrected chi connectivity index (χ0v) is 14.5. The Labute approximate surface area is 152 Å². The lowest BCUT2D eigenvalue weighted by atomic mass is 10.2. The second-order valence-corrected chi connectivity index (χ2v) is 5.44. The Balaban J connectivity index is 1.89. The summed E-state index contributed by atoms with van der Waals surface area (Å²) >= 11 is 0. The summed E-state index contributed by atoms with van der Waals surface area (Å²) in [5.74, 6) is 1.06. The highest BCUT2D eigenvalue weighted by molar-refractivity contribution is 6.13. The van der Waals surface area contributed by atoms with Crippen molar-refractivity contribution in [2.45, 2.75) is 6.92 Å². The van der Waals surface area contributed by atoms with E-state index in [0.29, 0.717) is 30.3 Å². The summed E-state index contributed by atoms with van der Waals surface area (Å²) in [6, 6.07) is 14.7. The Morgan fingerprint density at radius 2 is 2.00 bits per heavy atom. The summed E-state index contributed by atoms with van der Waals surface area (Å²) in [5.41, 5.74) is 1.67. The van der Waals surface area contributed by atoms with Crippen LogP contribution in [-0.2, 0) is 9.53 Å². The minimum absolute atomic E-state index is 0.229. The molecule has 0 amide bonds. The number of para-hydroxylation sites is 1. The van der Waals surface area contributed by atoms with Gasteiger partial charge in [0.2, 0.25) is 5.90 Å². The maximum atomic E-state index is 12.2. The van der Waals surface area contributed by atoms with E-state index in [2.05, 4.69) is 11.6 Å². The van der Waals surface area contributed by atoms with Gasteiger partial charge in [0.1, 0.15) is 18.1 Å². The predicted octanol–water partition coefficient (Wildman–Crippen LogP) is 3.99. The summed E-state index contributed by atoms with van der Waals surface area (Å²) in [4.78, 5) is 16.5. The number of esters is 1. The van der Waals surface area contributed by atoms with Gasteiger partial charge in [-0.05, 0) is 42.8 Å². The molecule has 0 bridgehead atoms. The van der Waals surface area contributed by atoms with Crippen LogP contribution in [-0.4, -0.2) is 25.1 Å². The molecule has 5 heteroatoms. The van der Waals surface area contributed by atoms with Crippen molar-refractivity contribution in [3.05, 3.63) is 78.0 Å². The first-order chi connectivity index (χ1) is 12.7. The van der Waals surface area contributed by atoms with Gasteiger partial charge in [-0.2, -0.15) is 0 Å². The Morgan fingerprint density at radius 3 is 2.81 bits per heavy atom. The zero-order chi connectivity index (χ0) is 18.4. The summed E-state index contributed by atoms with van der Waals surface area (Å²) < 4.78 is 16.4. The first kappa shape index (κ1) is 17.5. The Morgan fingerprint density at radius 1 is 1.15 bits per heavy atom. The van der Waals surface area contributed by atoms with Crippen LogP contribution in [0.3, 0.4) is 0 Å². The van der Waals surface area contributed by atoms with E-state index in [4.69, 9.17) is 14.2 Å². The van der Waals surface area contributed by atoms with E-state index in [1.165, 1.54) is 0 Å². The van der Waals surface area contributed by atoms with E-state index in [0.717, 1.165) is 5.56 Å². The molecule has 26 heavy (non-hydrogen) atoms. The molecule has 1 heterocycles. The molecule has 0 aromatic heterocycles. The van der Waals surface area contributed by atoms with Crippen LogP contribution < -0.4 is 9.47 Å². The number of carbonyl (C=O) groups is 1. The number of aliphatic imine (C=N–C) groups is 1. The molecule has 0 saturated carbocycles. The highest BCUT2D eigenvalue weighted by Gasteiger charge is 2.26. The van der Waals surface area contributed by atoms with Gasteiger partial charge in [-0.15, -0.1) is 0 Å². The van der Waals surface area contributed by atoms with Crippen molar-refractivity contribution < 1.29 is 19.0 Å². The van der Waals surface area contributed by atoms with Gasteiger partial charge in [0.25, 0.3) is 0 Å². The molecule has 0 fully saturated rings. The lowest BCUT2D eigenvalue weighted by Crippen LogP contribution is -2.07. The number of cyclic esters (lactones) is 1. The van der Waals surface area contributed by atoms with Crippen LogP contribution in [0.25, 0.3) is 6.08 Å². The minimum atomic E-state index is -0.497. The van der Waals surface area contributed by atoms with E-state index in [1.54, 1.807) is 12.2 Å². The lowest BCUT2D eigenvalue weighted by Gasteiger charge is -2.08. The summed E-state index contributed by atoms with van der Waals surface area (Å²) in [7, 11) is 0. The monoisotopic (exact) mass is 349 g/mol. The first-order valence-corrected chi connectivity index (χ1v) is 8.29. The van der Waals surface area contributed by atoms with Crippen LogP contribution in [0.1, 0.15) is 18.1 Å². The van der Waals surface area contributed by atoms with Crippen molar-refractivity contribution in [1.29, 1.82) is 0 Å². The molecule has 0 radical (unpaired) electrons. The average Bonchev–Trinajstić information content (AvgIpc) is 3.01. The molecule has 0 N–H and O–H groups in total. The molecule has 1 aliphatic rings. The number of rotatable bonds is 7. The minimum Gasteiger partial charge on any atom is -0.493 e. The maximum Gasteiger partial charge on any atom is 0.363 e. The van der Waals surface area contributed by atoms with Gasteiger partial charge < -0.3 is 14.2 Å². The number of hydrogen-bond donors (Lipinski definition) is 0. The standard InChI is InChI=1S/C21H19NO4/c1-3-12-25-16-9-7-8-15(13-16)14-18-21(23)26-20(22-18)17-10-5-6-11-19(17)24-4-2/h3,5-11,13-14H,1,4,12H2,2H3/b18-14-. The molecule has 0 spiro atoms. The first-order valence-electron chi connectivity index (χ1n) is 8.29. The number of benzene rings is 2. The second kappa shape index (κ2) is 8.16. The van der Waals surface area contributed by atoms with Crippen LogP contribution in [0, 0.1) is 0 Å². The Hall–Kier alpha value is -3.34. The fourth-order valence-electron chi connectivity index (χ4n) is 2.46. The van der Waals surface area contributed by atoms with Crippen LogP contribution in [0.15, 0.2) is 71.9 Å². The molecular weight excluding hydrogens is 330 g/mol. The summed E-state index contributed by atoms with van der Waals surface area (Å²) in [5, 5.41) is 0. The highest BCUT2D eigenvalue weighted by Crippen LogP contribution is 2.25. The van der Waals surface area contributed by atoms with E-state index in [-0.39, 0.29) is 11.6 Å². The number of nitrogens with zero attached hydrogens (tertiary/aromatic N) is 1. The quantitative estimate of drug-likeness (QED) is 0.431. The van der Waals surface area contributed by atoms with Crippen molar-refractivity contribution >= 4 is 17.9 Å². The van der Waals surface area contributed by atoms with Gasteiger partial charge in [-0.1, -0.05) is 36.9 Å². The topological polar surface area (TPSA) is 57.1 Å². The molecule has 2 aromatic rings. The molecule has 1 aliphatic heterocycles. The van der Waals surface area contributed by atoms with Gasteiger partial charge in [0, 0.05) is 0 Å².